The van der Waals surface area contributed by atoms with Crippen molar-refractivity contribution < 1.29 is 9.90 Å². The van der Waals surface area contributed by atoms with E-state index in [9.17, 15) is 9.90 Å². The van der Waals surface area contributed by atoms with E-state index in [2.05, 4.69) is 5.32 Å². The zero-order valence-corrected chi connectivity index (χ0v) is 9.23. The Labute approximate surface area is 95.5 Å². The number of amides is 1. The van der Waals surface area contributed by atoms with Gasteiger partial charge in [-0.05, 0) is 5.56 Å². The molecule has 88 valence electrons. The molecule has 1 aromatic rings. The highest BCUT2D eigenvalue weighted by Crippen LogP contribution is 2.02. The molecule has 4 N–H and O–H groups in total. The van der Waals surface area contributed by atoms with Crippen molar-refractivity contribution >= 4 is 5.91 Å². The van der Waals surface area contributed by atoms with E-state index >= 15 is 0 Å². The van der Waals surface area contributed by atoms with Gasteiger partial charge in [0.15, 0.2) is 0 Å². The van der Waals surface area contributed by atoms with Gasteiger partial charge in [-0.25, -0.2) is 0 Å². The van der Waals surface area contributed by atoms with Crippen LogP contribution >= 0.6 is 0 Å². The minimum absolute atomic E-state index is 0.116. The molecule has 0 heterocycles. The van der Waals surface area contributed by atoms with Crippen LogP contribution < -0.4 is 11.1 Å². The molecule has 0 aliphatic carbocycles. The average molecular weight is 222 g/mol. The summed E-state index contributed by atoms with van der Waals surface area (Å²) in [4.78, 5) is 11.1. The fraction of sp³-hybridized carbons (Fsp3) is 0.417. The maximum atomic E-state index is 11.1. The first kappa shape index (κ1) is 12.7. The van der Waals surface area contributed by atoms with E-state index in [0.29, 0.717) is 19.4 Å². The number of aliphatic hydroxyl groups excluding tert-OH is 1. The lowest BCUT2D eigenvalue weighted by molar-refractivity contribution is -0.121. The zero-order chi connectivity index (χ0) is 11.8. The summed E-state index contributed by atoms with van der Waals surface area (Å²) in [6.45, 7) is 0.605. The molecule has 0 bridgehead atoms. The van der Waals surface area contributed by atoms with E-state index < -0.39 is 6.10 Å². The second kappa shape index (κ2) is 6.98. The molecule has 0 fully saturated rings. The Morgan fingerprint density at radius 1 is 1.38 bits per heavy atom. The molecule has 1 rings (SSSR count). The summed E-state index contributed by atoms with van der Waals surface area (Å²) < 4.78 is 0. The van der Waals surface area contributed by atoms with Crippen LogP contribution in [0.5, 0.6) is 0 Å². The Morgan fingerprint density at radius 3 is 2.69 bits per heavy atom. The summed E-state index contributed by atoms with van der Waals surface area (Å²) in [7, 11) is 0. The number of hydrogen-bond acceptors (Lipinski definition) is 3. The van der Waals surface area contributed by atoms with Gasteiger partial charge in [0.25, 0.3) is 0 Å². The lowest BCUT2D eigenvalue weighted by atomic mass is 10.1. The van der Waals surface area contributed by atoms with Gasteiger partial charge in [0.05, 0.1) is 6.10 Å². The number of aliphatic hydroxyl groups is 1. The van der Waals surface area contributed by atoms with Crippen LogP contribution in [-0.2, 0) is 11.2 Å². The van der Waals surface area contributed by atoms with Gasteiger partial charge < -0.3 is 16.2 Å². The van der Waals surface area contributed by atoms with E-state index in [1.807, 2.05) is 30.3 Å². The third-order valence-electron chi connectivity index (χ3n) is 2.22. The number of hydrogen-bond donors (Lipinski definition) is 3. The number of rotatable bonds is 6. The molecule has 4 heteroatoms. The molecule has 0 saturated carbocycles. The van der Waals surface area contributed by atoms with E-state index in [4.69, 9.17) is 5.73 Å². The highest BCUT2D eigenvalue weighted by molar-refractivity contribution is 5.76. The maximum Gasteiger partial charge on any atom is 0.221 e. The van der Waals surface area contributed by atoms with Crippen LogP contribution in [0.15, 0.2) is 30.3 Å². The van der Waals surface area contributed by atoms with Crippen molar-refractivity contribution in [2.75, 3.05) is 13.1 Å². The number of carbonyl (C=O) groups excluding carboxylic acids is 1. The van der Waals surface area contributed by atoms with Gasteiger partial charge in [0, 0.05) is 25.9 Å². The smallest absolute Gasteiger partial charge is 0.221 e. The van der Waals surface area contributed by atoms with Crippen LogP contribution in [0, 0.1) is 0 Å². The first-order valence-electron chi connectivity index (χ1n) is 5.41. The molecule has 0 aliphatic rings. The average Bonchev–Trinajstić information content (AvgIpc) is 2.28. The van der Waals surface area contributed by atoms with Gasteiger partial charge in [0.2, 0.25) is 5.91 Å². The van der Waals surface area contributed by atoms with E-state index in [1.165, 1.54) is 0 Å². The number of benzene rings is 1. The largest absolute Gasteiger partial charge is 0.391 e. The molecule has 16 heavy (non-hydrogen) atoms. The van der Waals surface area contributed by atoms with Crippen molar-refractivity contribution in [3.63, 3.8) is 0 Å². The zero-order valence-electron chi connectivity index (χ0n) is 9.23. The van der Waals surface area contributed by atoms with Crippen LogP contribution in [0.1, 0.15) is 12.0 Å². The number of carbonyl (C=O) groups is 1. The van der Waals surface area contributed by atoms with Gasteiger partial charge in [-0.15, -0.1) is 0 Å². The van der Waals surface area contributed by atoms with Crippen molar-refractivity contribution in [1.82, 2.24) is 5.32 Å². The Bertz CT molecular complexity index is 314. The number of nitrogens with two attached hydrogens (primary N) is 1. The highest BCUT2D eigenvalue weighted by atomic mass is 16.3. The summed E-state index contributed by atoms with van der Waals surface area (Å²) >= 11 is 0. The minimum Gasteiger partial charge on any atom is -0.391 e. The van der Waals surface area contributed by atoms with Gasteiger partial charge in [-0.3, -0.25) is 4.79 Å². The minimum atomic E-state index is -0.552. The van der Waals surface area contributed by atoms with Crippen LogP contribution in [0.4, 0.5) is 0 Å². The summed E-state index contributed by atoms with van der Waals surface area (Å²) in [5, 5.41) is 12.3. The van der Waals surface area contributed by atoms with E-state index in [1.54, 1.807) is 0 Å². The Morgan fingerprint density at radius 2 is 2.06 bits per heavy atom. The van der Waals surface area contributed by atoms with Gasteiger partial charge in [-0.2, -0.15) is 0 Å². The van der Waals surface area contributed by atoms with Crippen LogP contribution in [-0.4, -0.2) is 30.2 Å². The van der Waals surface area contributed by atoms with Crippen molar-refractivity contribution in [2.45, 2.75) is 18.9 Å². The van der Waals surface area contributed by atoms with Crippen molar-refractivity contribution in [3.05, 3.63) is 35.9 Å². The lowest BCUT2D eigenvalue weighted by Crippen LogP contribution is -2.34. The lowest BCUT2D eigenvalue weighted by Gasteiger charge is -2.11. The molecule has 0 radical (unpaired) electrons. The summed E-state index contributed by atoms with van der Waals surface area (Å²) in [6, 6.07) is 9.68. The van der Waals surface area contributed by atoms with Gasteiger partial charge in [-0.1, -0.05) is 30.3 Å². The fourth-order valence-corrected chi connectivity index (χ4v) is 1.41. The molecule has 1 unspecified atom stereocenters. The Hall–Kier alpha value is -1.39. The highest BCUT2D eigenvalue weighted by Gasteiger charge is 2.07. The van der Waals surface area contributed by atoms with E-state index in [-0.39, 0.29) is 12.5 Å². The molecule has 0 saturated heterocycles. The van der Waals surface area contributed by atoms with Crippen molar-refractivity contribution in [3.8, 4) is 0 Å². The Balaban J connectivity index is 2.26. The molecule has 4 nitrogen and oxygen atoms in total. The second-order valence-corrected chi connectivity index (χ2v) is 3.69. The quantitative estimate of drug-likeness (QED) is 0.637. The SMILES string of the molecule is NCCC(=O)NCC(O)Cc1ccccc1. The van der Waals surface area contributed by atoms with Gasteiger partial charge in [0.1, 0.15) is 0 Å². The van der Waals surface area contributed by atoms with E-state index in [0.717, 1.165) is 5.56 Å². The molecular weight excluding hydrogens is 204 g/mol. The molecule has 1 amide bonds. The standard InChI is InChI=1S/C12H18N2O2/c13-7-6-12(16)14-9-11(15)8-10-4-2-1-3-5-10/h1-5,11,15H,6-9,13H2,(H,14,16). The summed E-state index contributed by atoms with van der Waals surface area (Å²) in [6.07, 6.45) is 0.297. The third kappa shape index (κ3) is 4.91. The molecule has 0 aromatic heterocycles. The summed E-state index contributed by atoms with van der Waals surface area (Å²) in [5.41, 5.74) is 6.29. The predicted octanol–water partition coefficient (Wildman–Crippen LogP) is 0.0550. The molecule has 0 spiro atoms. The van der Waals surface area contributed by atoms with Crippen LogP contribution in [0.3, 0.4) is 0 Å². The normalized spacial score (nSPS) is 12.1. The fourth-order valence-electron chi connectivity index (χ4n) is 1.41. The molecular formula is C12H18N2O2. The topological polar surface area (TPSA) is 75.4 Å². The second-order valence-electron chi connectivity index (χ2n) is 3.69. The molecule has 0 aliphatic heterocycles. The van der Waals surface area contributed by atoms with Crippen LogP contribution in [0.2, 0.25) is 0 Å². The van der Waals surface area contributed by atoms with Crippen molar-refractivity contribution in [1.29, 1.82) is 0 Å². The molecule has 1 atom stereocenters. The molecule has 1 aromatic carbocycles. The maximum absolute atomic E-state index is 11.1. The summed E-state index contributed by atoms with van der Waals surface area (Å²) in [5.74, 6) is -0.116. The monoisotopic (exact) mass is 222 g/mol. The van der Waals surface area contributed by atoms with Crippen LogP contribution in [0.25, 0.3) is 0 Å². The van der Waals surface area contributed by atoms with Gasteiger partial charge >= 0.3 is 0 Å². The first-order valence-corrected chi connectivity index (χ1v) is 5.41. The Kier molecular flexibility index (Phi) is 5.53. The predicted molar refractivity (Wildman–Crippen MR) is 62.8 cm³/mol. The van der Waals surface area contributed by atoms with Crippen molar-refractivity contribution in [2.24, 2.45) is 5.73 Å². The first-order chi connectivity index (χ1) is 7.72. The number of nitrogens with one attached hydrogen (secondary N) is 1. The third-order valence-corrected chi connectivity index (χ3v) is 2.22.